The van der Waals surface area contributed by atoms with E-state index in [2.05, 4.69) is 15.1 Å². The van der Waals surface area contributed by atoms with E-state index in [4.69, 9.17) is 10.3 Å². The molecule has 6 heteroatoms. The summed E-state index contributed by atoms with van der Waals surface area (Å²) in [5, 5.41) is 3.90. The minimum absolute atomic E-state index is 0.120. The molecular formula is C11H17N5O. The molecule has 2 heterocycles. The first kappa shape index (κ1) is 11.8. The van der Waals surface area contributed by atoms with E-state index in [-0.39, 0.29) is 11.5 Å². The molecule has 2 rings (SSSR count). The minimum atomic E-state index is -0.288. The highest BCUT2D eigenvalue weighted by Crippen LogP contribution is 2.30. The SMILES string of the molecule is Cn1ccnc1-c1noc([C@H](N)C(C)(C)C)n1. The summed E-state index contributed by atoms with van der Waals surface area (Å²) in [5.41, 5.74) is 5.93. The molecule has 0 fully saturated rings. The molecule has 2 N–H and O–H groups in total. The van der Waals surface area contributed by atoms with Crippen LogP contribution in [0.4, 0.5) is 0 Å². The van der Waals surface area contributed by atoms with Gasteiger partial charge in [-0.15, -0.1) is 0 Å². The van der Waals surface area contributed by atoms with Gasteiger partial charge in [0, 0.05) is 19.4 Å². The maximum Gasteiger partial charge on any atom is 0.244 e. The topological polar surface area (TPSA) is 82.8 Å². The van der Waals surface area contributed by atoms with Crippen molar-refractivity contribution < 1.29 is 4.52 Å². The van der Waals surface area contributed by atoms with E-state index in [1.54, 1.807) is 6.20 Å². The summed E-state index contributed by atoms with van der Waals surface area (Å²) >= 11 is 0. The molecule has 6 nitrogen and oxygen atoms in total. The van der Waals surface area contributed by atoms with Crippen LogP contribution < -0.4 is 5.73 Å². The van der Waals surface area contributed by atoms with E-state index in [0.717, 1.165) is 0 Å². The van der Waals surface area contributed by atoms with Crippen molar-refractivity contribution in [1.29, 1.82) is 0 Å². The lowest BCUT2D eigenvalue weighted by atomic mass is 9.87. The van der Waals surface area contributed by atoms with E-state index in [1.165, 1.54) is 0 Å². The van der Waals surface area contributed by atoms with Crippen LogP contribution in [0.15, 0.2) is 16.9 Å². The number of aromatic nitrogens is 4. The van der Waals surface area contributed by atoms with Crippen LogP contribution >= 0.6 is 0 Å². The molecule has 0 unspecified atom stereocenters. The number of nitrogens with two attached hydrogens (primary N) is 1. The van der Waals surface area contributed by atoms with E-state index < -0.39 is 0 Å². The first-order valence-electron chi connectivity index (χ1n) is 5.46. The molecule has 0 saturated heterocycles. The minimum Gasteiger partial charge on any atom is -0.337 e. The van der Waals surface area contributed by atoms with E-state index in [0.29, 0.717) is 17.5 Å². The Morgan fingerprint density at radius 3 is 2.65 bits per heavy atom. The molecule has 17 heavy (non-hydrogen) atoms. The second kappa shape index (κ2) is 3.96. The Hall–Kier alpha value is -1.69. The number of imidazole rings is 1. The fourth-order valence-electron chi connectivity index (χ4n) is 1.40. The monoisotopic (exact) mass is 235 g/mol. The molecule has 0 aromatic carbocycles. The lowest BCUT2D eigenvalue weighted by molar-refractivity contribution is 0.253. The third-order valence-electron chi connectivity index (χ3n) is 2.66. The summed E-state index contributed by atoms with van der Waals surface area (Å²) in [6.07, 6.45) is 3.52. The van der Waals surface area contributed by atoms with Crippen LogP contribution in [0, 0.1) is 5.41 Å². The van der Waals surface area contributed by atoms with Gasteiger partial charge in [0.05, 0.1) is 6.04 Å². The molecule has 2 aromatic rings. The first-order valence-corrected chi connectivity index (χ1v) is 5.46. The Labute approximate surface area is 99.8 Å². The van der Waals surface area contributed by atoms with Gasteiger partial charge in [-0.3, -0.25) is 0 Å². The number of hydrogen-bond acceptors (Lipinski definition) is 5. The Morgan fingerprint density at radius 1 is 1.41 bits per heavy atom. The van der Waals surface area contributed by atoms with Crippen molar-refractivity contribution in [3.63, 3.8) is 0 Å². The van der Waals surface area contributed by atoms with Crippen LogP contribution in [-0.2, 0) is 7.05 Å². The second-order valence-electron chi connectivity index (χ2n) is 5.16. The Kier molecular flexibility index (Phi) is 2.74. The maximum atomic E-state index is 6.05. The van der Waals surface area contributed by atoms with Gasteiger partial charge in [-0.2, -0.15) is 4.98 Å². The smallest absolute Gasteiger partial charge is 0.244 e. The lowest BCUT2D eigenvalue weighted by Crippen LogP contribution is -2.26. The zero-order valence-corrected chi connectivity index (χ0v) is 10.5. The molecule has 0 spiro atoms. The van der Waals surface area contributed by atoms with Gasteiger partial charge in [0.2, 0.25) is 11.7 Å². The highest BCUT2D eigenvalue weighted by molar-refractivity contribution is 5.42. The molecule has 0 aliphatic rings. The lowest BCUT2D eigenvalue weighted by Gasteiger charge is -2.23. The summed E-state index contributed by atoms with van der Waals surface area (Å²) in [6.45, 7) is 6.09. The average molecular weight is 235 g/mol. The van der Waals surface area contributed by atoms with Crippen molar-refractivity contribution in [2.45, 2.75) is 26.8 Å². The molecule has 0 aliphatic heterocycles. The summed E-state index contributed by atoms with van der Waals surface area (Å²) in [5.74, 6) is 1.57. The van der Waals surface area contributed by atoms with Crippen molar-refractivity contribution >= 4 is 0 Å². The van der Waals surface area contributed by atoms with Crippen LogP contribution in [0.25, 0.3) is 11.6 Å². The van der Waals surface area contributed by atoms with Crippen LogP contribution in [0.2, 0.25) is 0 Å². The predicted molar refractivity (Wildman–Crippen MR) is 62.9 cm³/mol. The Bertz CT molecular complexity index is 508. The third kappa shape index (κ3) is 2.21. The van der Waals surface area contributed by atoms with Crippen molar-refractivity contribution in [3.8, 4) is 11.6 Å². The zero-order valence-electron chi connectivity index (χ0n) is 10.5. The standard InChI is InChI=1S/C11H17N5O/c1-11(2,3)7(12)10-14-8(15-17-10)9-13-5-6-16(9)4/h5-7H,12H2,1-4H3/t7-/m0/s1. The second-order valence-corrected chi connectivity index (χ2v) is 5.16. The van der Waals surface area contributed by atoms with Gasteiger partial charge < -0.3 is 14.8 Å². The fraction of sp³-hybridized carbons (Fsp3) is 0.545. The number of aryl methyl sites for hydroxylation is 1. The molecule has 0 bridgehead atoms. The third-order valence-corrected chi connectivity index (χ3v) is 2.66. The fourth-order valence-corrected chi connectivity index (χ4v) is 1.40. The average Bonchev–Trinajstić information content (AvgIpc) is 2.83. The van der Waals surface area contributed by atoms with Gasteiger partial charge in [-0.05, 0) is 5.41 Å². The van der Waals surface area contributed by atoms with E-state index >= 15 is 0 Å². The summed E-state index contributed by atoms with van der Waals surface area (Å²) in [7, 11) is 1.88. The van der Waals surface area contributed by atoms with Crippen LogP contribution in [0.3, 0.4) is 0 Å². The van der Waals surface area contributed by atoms with E-state index in [1.807, 2.05) is 38.6 Å². The highest BCUT2D eigenvalue weighted by Gasteiger charge is 2.28. The van der Waals surface area contributed by atoms with Gasteiger partial charge in [0.1, 0.15) is 0 Å². The van der Waals surface area contributed by atoms with Crippen LogP contribution in [0.5, 0.6) is 0 Å². The molecular weight excluding hydrogens is 218 g/mol. The summed E-state index contributed by atoms with van der Waals surface area (Å²) < 4.78 is 7.02. The Morgan fingerprint density at radius 2 is 2.12 bits per heavy atom. The van der Waals surface area contributed by atoms with E-state index in [9.17, 15) is 0 Å². The van der Waals surface area contributed by atoms with Gasteiger partial charge >= 0.3 is 0 Å². The molecule has 2 aromatic heterocycles. The molecule has 92 valence electrons. The van der Waals surface area contributed by atoms with Crippen molar-refractivity contribution in [1.82, 2.24) is 19.7 Å². The molecule has 0 amide bonds. The summed E-state index contributed by atoms with van der Waals surface area (Å²) in [4.78, 5) is 8.45. The Balaban J connectivity index is 2.31. The van der Waals surface area contributed by atoms with Crippen LogP contribution in [0.1, 0.15) is 32.7 Å². The molecule has 0 aliphatic carbocycles. The summed E-state index contributed by atoms with van der Waals surface area (Å²) in [6, 6.07) is -0.288. The van der Waals surface area contributed by atoms with Gasteiger partial charge in [-0.25, -0.2) is 4.98 Å². The normalized spacial score (nSPS) is 13.9. The maximum absolute atomic E-state index is 6.05. The molecule has 1 atom stereocenters. The van der Waals surface area contributed by atoms with Gasteiger partial charge in [-0.1, -0.05) is 25.9 Å². The van der Waals surface area contributed by atoms with Gasteiger partial charge in [0.25, 0.3) is 0 Å². The molecule has 0 saturated carbocycles. The van der Waals surface area contributed by atoms with Gasteiger partial charge in [0.15, 0.2) is 5.82 Å². The van der Waals surface area contributed by atoms with Crippen molar-refractivity contribution in [3.05, 3.63) is 18.3 Å². The molecule has 0 radical (unpaired) electrons. The first-order chi connectivity index (χ1) is 7.89. The highest BCUT2D eigenvalue weighted by atomic mass is 16.5. The van der Waals surface area contributed by atoms with Crippen molar-refractivity contribution in [2.75, 3.05) is 0 Å². The number of hydrogen-bond donors (Lipinski definition) is 1. The largest absolute Gasteiger partial charge is 0.337 e. The van der Waals surface area contributed by atoms with Crippen molar-refractivity contribution in [2.24, 2.45) is 18.2 Å². The number of rotatable bonds is 2. The number of nitrogens with zero attached hydrogens (tertiary/aromatic N) is 4. The van der Waals surface area contributed by atoms with Crippen LogP contribution in [-0.4, -0.2) is 19.7 Å². The predicted octanol–water partition coefficient (Wildman–Crippen LogP) is 1.52. The quantitative estimate of drug-likeness (QED) is 0.853. The zero-order chi connectivity index (χ0) is 12.6.